The van der Waals surface area contributed by atoms with E-state index in [0.29, 0.717) is 11.6 Å². The number of carbonyl (C=O) groups excluding carboxylic acids is 1. The second kappa shape index (κ2) is 6.80. The number of imidazole rings is 1. The highest BCUT2D eigenvalue weighted by Crippen LogP contribution is 2.25. The SMILES string of the molecule is O=C(NCc1ccco1)C1CCN(c2nc3ccc(Cl)cc3[nH]2)CC1. The minimum atomic E-state index is 0.0324. The number of piperidine rings is 1. The lowest BCUT2D eigenvalue weighted by atomic mass is 9.96. The molecule has 25 heavy (non-hydrogen) atoms. The zero-order chi connectivity index (χ0) is 17.2. The van der Waals surface area contributed by atoms with Crippen LogP contribution in [0.5, 0.6) is 0 Å². The summed E-state index contributed by atoms with van der Waals surface area (Å²) in [6, 6.07) is 9.30. The maximum atomic E-state index is 12.3. The van der Waals surface area contributed by atoms with Gasteiger partial charge >= 0.3 is 0 Å². The molecule has 0 atom stereocenters. The van der Waals surface area contributed by atoms with Gasteiger partial charge in [-0.05, 0) is 43.2 Å². The molecule has 0 saturated carbocycles. The van der Waals surface area contributed by atoms with Crippen LogP contribution in [-0.4, -0.2) is 29.0 Å². The molecule has 0 unspecified atom stereocenters. The van der Waals surface area contributed by atoms with Crippen molar-refractivity contribution in [1.82, 2.24) is 15.3 Å². The Morgan fingerprint density at radius 1 is 1.36 bits per heavy atom. The van der Waals surface area contributed by atoms with Gasteiger partial charge < -0.3 is 19.6 Å². The van der Waals surface area contributed by atoms with E-state index in [0.717, 1.165) is 48.7 Å². The molecule has 1 aromatic carbocycles. The molecule has 130 valence electrons. The highest BCUT2D eigenvalue weighted by Gasteiger charge is 2.26. The number of aromatic amines is 1. The van der Waals surface area contributed by atoms with Crippen LogP contribution in [0.4, 0.5) is 5.95 Å². The number of furan rings is 1. The summed E-state index contributed by atoms with van der Waals surface area (Å²) in [7, 11) is 0. The van der Waals surface area contributed by atoms with Crippen LogP contribution < -0.4 is 10.2 Å². The molecule has 1 amide bonds. The van der Waals surface area contributed by atoms with Crippen molar-refractivity contribution in [2.24, 2.45) is 5.92 Å². The number of H-pyrrole nitrogens is 1. The first-order valence-electron chi connectivity index (χ1n) is 8.39. The lowest BCUT2D eigenvalue weighted by Crippen LogP contribution is -2.40. The van der Waals surface area contributed by atoms with E-state index in [-0.39, 0.29) is 11.8 Å². The topological polar surface area (TPSA) is 74.2 Å². The van der Waals surface area contributed by atoms with E-state index in [4.69, 9.17) is 16.0 Å². The van der Waals surface area contributed by atoms with Gasteiger partial charge in [-0.15, -0.1) is 0 Å². The van der Waals surface area contributed by atoms with Crippen molar-refractivity contribution in [3.63, 3.8) is 0 Å². The van der Waals surface area contributed by atoms with Crippen LogP contribution in [0.2, 0.25) is 5.02 Å². The molecule has 1 saturated heterocycles. The fourth-order valence-corrected chi connectivity index (χ4v) is 3.38. The maximum Gasteiger partial charge on any atom is 0.223 e. The zero-order valence-corrected chi connectivity index (χ0v) is 14.4. The lowest BCUT2D eigenvalue weighted by Gasteiger charge is -2.31. The number of hydrogen-bond acceptors (Lipinski definition) is 4. The van der Waals surface area contributed by atoms with E-state index >= 15 is 0 Å². The Hall–Kier alpha value is -2.47. The van der Waals surface area contributed by atoms with Crippen molar-refractivity contribution in [3.8, 4) is 0 Å². The van der Waals surface area contributed by atoms with Crippen LogP contribution >= 0.6 is 11.6 Å². The van der Waals surface area contributed by atoms with E-state index < -0.39 is 0 Å². The third kappa shape index (κ3) is 3.49. The minimum absolute atomic E-state index is 0.0324. The van der Waals surface area contributed by atoms with Gasteiger partial charge in [0.1, 0.15) is 5.76 Å². The molecule has 2 aromatic heterocycles. The molecule has 3 heterocycles. The van der Waals surface area contributed by atoms with Gasteiger partial charge in [0.25, 0.3) is 0 Å². The molecule has 4 rings (SSSR count). The van der Waals surface area contributed by atoms with Crippen molar-refractivity contribution >= 4 is 34.5 Å². The quantitative estimate of drug-likeness (QED) is 0.750. The fourth-order valence-electron chi connectivity index (χ4n) is 3.20. The van der Waals surface area contributed by atoms with Gasteiger partial charge in [-0.3, -0.25) is 4.79 Å². The molecule has 0 bridgehead atoms. The van der Waals surface area contributed by atoms with Crippen LogP contribution in [-0.2, 0) is 11.3 Å². The Bertz CT molecular complexity index is 866. The van der Waals surface area contributed by atoms with Gasteiger partial charge in [-0.25, -0.2) is 4.98 Å². The molecule has 1 fully saturated rings. The van der Waals surface area contributed by atoms with E-state index in [1.165, 1.54) is 0 Å². The number of hydrogen-bond donors (Lipinski definition) is 2. The second-order valence-electron chi connectivity index (χ2n) is 6.28. The van der Waals surface area contributed by atoms with Crippen LogP contribution in [0.15, 0.2) is 41.0 Å². The summed E-state index contributed by atoms with van der Waals surface area (Å²) in [5.41, 5.74) is 1.83. The third-order valence-corrected chi connectivity index (χ3v) is 4.85. The van der Waals surface area contributed by atoms with E-state index in [9.17, 15) is 4.79 Å². The van der Waals surface area contributed by atoms with Crippen LogP contribution in [0, 0.1) is 5.92 Å². The molecular formula is C18H19ClN4O2. The smallest absolute Gasteiger partial charge is 0.223 e. The average molecular weight is 359 g/mol. The number of fused-ring (bicyclic) bond motifs is 1. The van der Waals surface area contributed by atoms with E-state index in [2.05, 4.69) is 20.2 Å². The first-order valence-corrected chi connectivity index (χ1v) is 8.77. The summed E-state index contributed by atoms with van der Waals surface area (Å²) in [6.45, 7) is 2.04. The lowest BCUT2D eigenvalue weighted by molar-refractivity contribution is -0.125. The normalized spacial score (nSPS) is 15.6. The first kappa shape index (κ1) is 16.0. The number of carbonyl (C=O) groups is 1. The van der Waals surface area contributed by atoms with Crippen LogP contribution in [0.3, 0.4) is 0 Å². The monoisotopic (exact) mass is 358 g/mol. The van der Waals surface area contributed by atoms with Crippen molar-refractivity contribution < 1.29 is 9.21 Å². The van der Waals surface area contributed by atoms with Crippen molar-refractivity contribution in [2.45, 2.75) is 19.4 Å². The number of amides is 1. The van der Waals surface area contributed by atoms with Crippen molar-refractivity contribution in [3.05, 3.63) is 47.4 Å². The molecule has 0 aliphatic carbocycles. The van der Waals surface area contributed by atoms with Gasteiger partial charge in [-0.1, -0.05) is 11.6 Å². The number of halogens is 1. The van der Waals surface area contributed by atoms with Crippen molar-refractivity contribution in [1.29, 1.82) is 0 Å². The Morgan fingerprint density at radius 3 is 2.96 bits per heavy atom. The van der Waals surface area contributed by atoms with Gasteiger partial charge in [0.2, 0.25) is 11.9 Å². The second-order valence-corrected chi connectivity index (χ2v) is 6.72. The number of rotatable bonds is 4. The van der Waals surface area contributed by atoms with Crippen LogP contribution in [0.25, 0.3) is 11.0 Å². The number of nitrogens with one attached hydrogen (secondary N) is 2. The average Bonchev–Trinajstić information content (AvgIpc) is 3.29. The summed E-state index contributed by atoms with van der Waals surface area (Å²) < 4.78 is 5.24. The van der Waals surface area contributed by atoms with E-state index in [1.54, 1.807) is 6.26 Å². The molecule has 1 aliphatic heterocycles. The molecule has 0 spiro atoms. The largest absolute Gasteiger partial charge is 0.467 e. The highest BCUT2D eigenvalue weighted by molar-refractivity contribution is 6.31. The van der Waals surface area contributed by atoms with Gasteiger partial charge in [0.15, 0.2) is 0 Å². The number of aromatic nitrogens is 2. The molecule has 0 radical (unpaired) electrons. The van der Waals surface area contributed by atoms with Crippen molar-refractivity contribution in [2.75, 3.05) is 18.0 Å². The number of nitrogens with zero attached hydrogens (tertiary/aromatic N) is 2. The first-order chi connectivity index (χ1) is 12.2. The number of anilines is 1. The summed E-state index contributed by atoms with van der Waals surface area (Å²) in [5.74, 6) is 1.73. The Morgan fingerprint density at radius 2 is 2.20 bits per heavy atom. The third-order valence-electron chi connectivity index (χ3n) is 4.61. The summed E-state index contributed by atoms with van der Waals surface area (Å²) in [6.07, 6.45) is 3.23. The van der Waals surface area contributed by atoms with Gasteiger partial charge in [0, 0.05) is 24.0 Å². The fraction of sp³-hybridized carbons (Fsp3) is 0.333. The molecule has 1 aliphatic rings. The predicted octanol–water partition coefficient (Wildman–Crippen LogP) is 3.34. The zero-order valence-electron chi connectivity index (χ0n) is 13.7. The summed E-state index contributed by atoms with van der Waals surface area (Å²) >= 11 is 6.02. The summed E-state index contributed by atoms with van der Waals surface area (Å²) in [5, 5.41) is 3.64. The Kier molecular flexibility index (Phi) is 4.36. The van der Waals surface area contributed by atoms with E-state index in [1.807, 2.05) is 30.3 Å². The summed E-state index contributed by atoms with van der Waals surface area (Å²) in [4.78, 5) is 22.4. The molecule has 2 N–H and O–H groups in total. The minimum Gasteiger partial charge on any atom is -0.467 e. The number of benzene rings is 1. The highest BCUT2D eigenvalue weighted by atomic mass is 35.5. The van der Waals surface area contributed by atoms with Gasteiger partial charge in [0.05, 0.1) is 23.8 Å². The molecular weight excluding hydrogens is 340 g/mol. The molecule has 6 nitrogen and oxygen atoms in total. The standard InChI is InChI=1S/C18H19ClN4O2/c19-13-3-4-15-16(10-13)22-18(21-15)23-7-5-12(6-8-23)17(24)20-11-14-2-1-9-25-14/h1-4,9-10,12H,5-8,11H2,(H,20,24)(H,21,22). The molecule has 7 heteroatoms. The Labute approximate surface area is 150 Å². The maximum absolute atomic E-state index is 12.3. The van der Waals surface area contributed by atoms with Crippen LogP contribution in [0.1, 0.15) is 18.6 Å². The van der Waals surface area contributed by atoms with Gasteiger partial charge in [-0.2, -0.15) is 0 Å². The Balaban J connectivity index is 1.34. The predicted molar refractivity (Wildman–Crippen MR) is 96.6 cm³/mol. The molecule has 3 aromatic rings.